The van der Waals surface area contributed by atoms with E-state index in [0.29, 0.717) is 11.5 Å². The molecule has 0 aliphatic carbocycles. The van der Waals surface area contributed by atoms with E-state index in [1.807, 2.05) is 17.2 Å². The zero-order valence-electron chi connectivity index (χ0n) is 42.9. The fourth-order valence-electron chi connectivity index (χ4n) is 8.76. The number of nitrogens with one attached hydrogen (secondary N) is 1. The van der Waals surface area contributed by atoms with Gasteiger partial charge in [-0.25, -0.2) is 4.98 Å². The van der Waals surface area contributed by atoms with Gasteiger partial charge in [-0.3, -0.25) is 7.05 Å². The molecule has 2 aromatic heterocycles. The molecular formula is C62H69N4OPt-3. The Balaban J connectivity index is 0.00000684. The van der Waals surface area contributed by atoms with Gasteiger partial charge in [-0.2, -0.15) is 6.07 Å². The first-order valence-electron chi connectivity index (χ1n) is 23.7. The van der Waals surface area contributed by atoms with Crippen LogP contribution < -0.4 is 15.0 Å². The molecule has 0 saturated carbocycles. The van der Waals surface area contributed by atoms with E-state index in [2.05, 4.69) is 241 Å². The minimum atomic E-state index is -0.112. The molecule has 6 heteroatoms. The molecule has 0 atom stereocenters. The number of fused-ring (bicyclic) bond motifs is 3. The van der Waals surface area contributed by atoms with Gasteiger partial charge in [0.1, 0.15) is 5.82 Å². The van der Waals surface area contributed by atoms with Gasteiger partial charge in [0, 0.05) is 55.7 Å². The summed E-state index contributed by atoms with van der Waals surface area (Å²) in [7, 11) is 4.76. The summed E-state index contributed by atoms with van der Waals surface area (Å²) in [5, 5.41) is 6.02. The predicted octanol–water partition coefficient (Wildman–Crippen LogP) is 17.4. The Hall–Kier alpha value is -5.64. The van der Waals surface area contributed by atoms with E-state index < -0.39 is 0 Å². The average molecular weight is 1080 g/mol. The number of nitrogens with zero attached hydrogens (tertiary/aromatic N) is 3. The molecule has 8 aromatic rings. The van der Waals surface area contributed by atoms with E-state index in [1.165, 1.54) is 27.8 Å². The summed E-state index contributed by atoms with van der Waals surface area (Å²) in [5.74, 6) is 1.98. The minimum absolute atomic E-state index is 0. The average Bonchev–Trinajstić information content (AvgIpc) is 3.57. The second-order valence-corrected chi connectivity index (χ2v) is 23.4. The number of hydrogen-bond donors (Lipinski definition) is 1. The number of pyridine rings is 1. The van der Waals surface area contributed by atoms with Gasteiger partial charge in [0.05, 0.1) is 5.69 Å². The Bertz CT molecular complexity index is 3120. The minimum Gasteiger partial charge on any atom is -0.515 e. The van der Waals surface area contributed by atoms with Crippen LogP contribution in [0.25, 0.3) is 38.8 Å². The number of hydrogen-bond acceptors (Lipinski definition) is 4. The van der Waals surface area contributed by atoms with Crippen molar-refractivity contribution in [2.45, 2.75) is 131 Å². The summed E-state index contributed by atoms with van der Waals surface area (Å²) in [6.45, 7) is 33.7. The smallest absolute Gasteiger partial charge is 0.135 e. The molecule has 5 nitrogen and oxygen atoms in total. The Morgan fingerprint density at radius 1 is 0.559 bits per heavy atom. The molecule has 0 spiro atoms. The molecule has 0 saturated heterocycles. The number of anilines is 4. The first kappa shape index (κ1) is 50.2. The van der Waals surface area contributed by atoms with Gasteiger partial charge < -0.3 is 19.5 Å². The fraction of sp³-hybridized carbons (Fsp3) is 0.323. The molecule has 0 bridgehead atoms. The van der Waals surface area contributed by atoms with Gasteiger partial charge in [0.2, 0.25) is 0 Å². The van der Waals surface area contributed by atoms with Crippen LogP contribution in [0.15, 0.2) is 128 Å². The van der Waals surface area contributed by atoms with Crippen molar-refractivity contribution in [2.75, 3.05) is 10.2 Å². The summed E-state index contributed by atoms with van der Waals surface area (Å²) in [4.78, 5) is 6.95. The molecule has 2 heterocycles. The van der Waals surface area contributed by atoms with Crippen molar-refractivity contribution in [3.05, 3.63) is 175 Å². The third kappa shape index (κ3) is 10.5. The molecule has 0 aliphatic rings. The molecule has 0 radical (unpaired) electrons. The van der Waals surface area contributed by atoms with E-state index in [4.69, 9.17) is 16.8 Å². The van der Waals surface area contributed by atoms with Crippen LogP contribution >= 0.6 is 0 Å². The van der Waals surface area contributed by atoms with Gasteiger partial charge >= 0.3 is 0 Å². The summed E-state index contributed by atoms with van der Waals surface area (Å²) in [6, 6.07) is 51.0. The van der Waals surface area contributed by atoms with Crippen molar-refractivity contribution in [1.29, 1.82) is 0 Å². The second kappa shape index (κ2) is 18.4. The summed E-state index contributed by atoms with van der Waals surface area (Å²) < 4.78 is 9.21. The third-order valence-electron chi connectivity index (χ3n) is 12.9. The molecule has 0 unspecified atom stereocenters. The van der Waals surface area contributed by atoms with Gasteiger partial charge in [-0.15, -0.1) is 47.0 Å². The van der Waals surface area contributed by atoms with E-state index >= 15 is 0 Å². The number of ether oxygens (including phenoxy) is 1. The van der Waals surface area contributed by atoms with E-state index in [1.54, 1.807) is 0 Å². The van der Waals surface area contributed by atoms with E-state index in [0.717, 1.165) is 61.5 Å². The first-order chi connectivity index (χ1) is 31.3. The maximum atomic E-state index is 6.98. The van der Waals surface area contributed by atoms with Crippen LogP contribution in [0.5, 0.6) is 11.5 Å². The van der Waals surface area contributed by atoms with Crippen molar-refractivity contribution in [3.8, 4) is 28.4 Å². The van der Waals surface area contributed by atoms with Crippen LogP contribution in [-0.2, 0) is 48.1 Å². The summed E-state index contributed by atoms with van der Waals surface area (Å²) in [5.41, 5.74) is 13.7. The zero-order valence-corrected chi connectivity index (χ0v) is 45.2. The largest absolute Gasteiger partial charge is 0.515 e. The molecule has 68 heavy (non-hydrogen) atoms. The molecule has 1 N–H and O–H groups in total. The van der Waals surface area contributed by atoms with Gasteiger partial charge in [0.25, 0.3) is 0 Å². The Morgan fingerprint density at radius 3 is 1.87 bits per heavy atom. The molecule has 0 aliphatic heterocycles. The van der Waals surface area contributed by atoms with Crippen LogP contribution in [0, 0.1) is 19.2 Å². The molecule has 0 amide bonds. The number of rotatable bonds is 8. The zero-order chi connectivity index (χ0) is 48.4. The van der Waals surface area contributed by atoms with Crippen molar-refractivity contribution < 1.29 is 25.8 Å². The standard InChI is InChI=1S/C62H69N4O.Pt/c1-58(2,3)41-20-19-21-45(34-41)64-53-28-24-43(60(7,8)9)36-56(53)65(16)46-32-40(49-22-17-18-23-52(49)62(13,14)15)33-48(38-46)67-47-26-27-50-51-35-42(59(4,5)6)25-29-54(51)66(55(50)39-47)57-37-44(30-31-63-57)61(10,11)12;/h17-37,64H,16H2,1-15H3;/q-3;. The first-order valence-corrected chi connectivity index (χ1v) is 23.7. The maximum Gasteiger partial charge on any atom is 0.135 e. The summed E-state index contributed by atoms with van der Waals surface area (Å²) in [6.07, 6.45) is 1.92. The molecule has 8 rings (SSSR count). The normalized spacial score (nSPS) is 12.6. The van der Waals surface area contributed by atoms with E-state index in [9.17, 15) is 0 Å². The Kier molecular flexibility index (Phi) is 13.6. The van der Waals surface area contributed by atoms with Crippen LogP contribution in [0.3, 0.4) is 0 Å². The molecule has 6 aromatic carbocycles. The second-order valence-electron chi connectivity index (χ2n) is 23.4. The Labute approximate surface area is 421 Å². The van der Waals surface area contributed by atoms with Crippen molar-refractivity contribution >= 4 is 44.6 Å². The third-order valence-corrected chi connectivity index (χ3v) is 12.9. The number of aromatic nitrogens is 2. The van der Waals surface area contributed by atoms with Gasteiger partial charge in [-0.05, 0) is 108 Å². The Morgan fingerprint density at radius 2 is 1.19 bits per heavy atom. The number of benzene rings is 6. The molecule has 0 fully saturated rings. The van der Waals surface area contributed by atoms with Crippen LogP contribution in [0.4, 0.5) is 22.7 Å². The maximum absolute atomic E-state index is 6.98. The van der Waals surface area contributed by atoms with Crippen molar-refractivity contribution in [2.24, 2.45) is 0 Å². The molecule has 356 valence electrons. The van der Waals surface area contributed by atoms with Crippen molar-refractivity contribution in [3.63, 3.8) is 0 Å². The van der Waals surface area contributed by atoms with Crippen LogP contribution in [-0.4, -0.2) is 9.55 Å². The van der Waals surface area contributed by atoms with Gasteiger partial charge in [-0.1, -0.05) is 164 Å². The SMILES string of the molecule is [CH2-]N(c1[c-]c(Oc2[c-]c3c(cc2)c2cc(C(C)(C)C)ccc2n3-c2cc(C(C)(C)C)ccn2)cc(-c2ccccc2C(C)(C)C)c1)c1cc(C(C)(C)C)ccc1Nc1cccc(C(C)(C)C)c1.[Pt]. The molecular weight excluding hydrogens is 1010 g/mol. The quantitative estimate of drug-likeness (QED) is 0.154. The van der Waals surface area contributed by atoms with Crippen LogP contribution in [0.1, 0.15) is 132 Å². The predicted molar refractivity (Wildman–Crippen MR) is 285 cm³/mol. The van der Waals surface area contributed by atoms with Gasteiger partial charge in [0.15, 0.2) is 0 Å². The van der Waals surface area contributed by atoms with Crippen LogP contribution in [0.2, 0.25) is 0 Å². The topological polar surface area (TPSA) is 42.3 Å². The fourth-order valence-corrected chi connectivity index (χ4v) is 8.76. The van der Waals surface area contributed by atoms with Crippen molar-refractivity contribution in [1.82, 2.24) is 9.55 Å². The monoisotopic (exact) mass is 1080 g/mol. The van der Waals surface area contributed by atoms with E-state index in [-0.39, 0.29) is 48.1 Å². The summed E-state index contributed by atoms with van der Waals surface area (Å²) >= 11 is 0.